The molecule has 0 atom stereocenters. The lowest BCUT2D eigenvalue weighted by Crippen LogP contribution is -2.50. The highest BCUT2D eigenvalue weighted by molar-refractivity contribution is 5.83. The number of nitrogens with zero attached hydrogens (tertiary/aromatic N) is 1. The summed E-state index contributed by atoms with van der Waals surface area (Å²) in [6.07, 6.45) is 1.63. The molecule has 1 N–H and O–H groups in total. The smallest absolute Gasteiger partial charge is 0.231 e. The maximum Gasteiger partial charge on any atom is 0.231 e. The van der Waals surface area contributed by atoms with Crippen molar-refractivity contribution < 1.29 is 14.3 Å². The topological polar surface area (TPSA) is 50.8 Å². The number of piperidine rings is 1. The molecule has 1 amide bonds. The number of nitrogens with one attached hydrogen (secondary N) is 1. The lowest BCUT2D eigenvalue weighted by atomic mass is 9.78. The minimum absolute atomic E-state index is 0.159. The zero-order valence-electron chi connectivity index (χ0n) is 14.4. The molecule has 0 bridgehead atoms. The summed E-state index contributed by atoms with van der Waals surface area (Å²) >= 11 is 0. The molecule has 1 aromatic carbocycles. The van der Waals surface area contributed by atoms with Crippen molar-refractivity contribution in [3.05, 3.63) is 29.8 Å². The Bertz CT molecular complexity index is 507. The van der Waals surface area contributed by atoms with Gasteiger partial charge >= 0.3 is 0 Å². The van der Waals surface area contributed by atoms with Gasteiger partial charge in [-0.25, -0.2) is 0 Å². The molecular weight excluding hydrogens is 292 g/mol. The largest absolute Gasteiger partial charge is 0.494 e. The predicted molar refractivity (Wildman–Crippen MR) is 90.5 cm³/mol. The monoisotopic (exact) mass is 320 g/mol. The van der Waals surface area contributed by atoms with Gasteiger partial charge in [0.05, 0.1) is 18.6 Å². The van der Waals surface area contributed by atoms with Gasteiger partial charge in [-0.1, -0.05) is 18.2 Å². The first-order valence-corrected chi connectivity index (χ1v) is 8.29. The van der Waals surface area contributed by atoms with Crippen LogP contribution in [0.2, 0.25) is 0 Å². The summed E-state index contributed by atoms with van der Waals surface area (Å²) in [7, 11) is 3.53. The van der Waals surface area contributed by atoms with Crippen molar-refractivity contribution in [3.63, 3.8) is 0 Å². The van der Waals surface area contributed by atoms with Crippen LogP contribution >= 0.6 is 0 Å². The third-order valence-corrected chi connectivity index (χ3v) is 4.46. The molecule has 0 aliphatic carbocycles. The van der Waals surface area contributed by atoms with E-state index in [1.807, 2.05) is 43.1 Å². The van der Waals surface area contributed by atoms with Gasteiger partial charge < -0.3 is 19.7 Å². The Labute approximate surface area is 139 Å². The molecule has 1 aliphatic heterocycles. The SMILES string of the molecule is CCOc1ccccc1CN(C)C(=O)C1(COC)CCNCC1. The molecule has 1 saturated heterocycles. The van der Waals surface area contributed by atoms with Gasteiger partial charge in [-0.2, -0.15) is 0 Å². The number of hydrogen-bond donors (Lipinski definition) is 1. The highest BCUT2D eigenvalue weighted by Gasteiger charge is 2.41. The van der Waals surface area contributed by atoms with E-state index in [0.29, 0.717) is 19.8 Å². The summed E-state index contributed by atoms with van der Waals surface area (Å²) in [4.78, 5) is 14.9. The molecule has 5 heteroatoms. The molecule has 23 heavy (non-hydrogen) atoms. The van der Waals surface area contributed by atoms with Gasteiger partial charge in [0.15, 0.2) is 0 Å². The van der Waals surface area contributed by atoms with Crippen molar-refractivity contribution in [3.8, 4) is 5.75 Å². The molecule has 1 aliphatic rings. The lowest BCUT2D eigenvalue weighted by Gasteiger charge is -2.38. The van der Waals surface area contributed by atoms with Gasteiger partial charge in [0.1, 0.15) is 5.75 Å². The maximum absolute atomic E-state index is 13.1. The minimum atomic E-state index is -0.407. The number of para-hydroxylation sites is 1. The van der Waals surface area contributed by atoms with Gasteiger partial charge in [-0.15, -0.1) is 0 Å². The zero-order chi connectivity index (χ0) is 16.7. The third-order valence-electron chi connectivity index (χ3n) is 4.46. The fourth-order valence-electron chi connectivity index (χ4n) is 3.26. The number of methoxy groups -OCH3 is 1. The van der Waals surface area contributed by atoms with Crippen LogP contribution in [0.5, 0.6) is 5.75 Å². The van der Waals surface area contributed by atoms with Crippen molar-refractivity contribution in [1.82, 2.24) is 10.2 Å². The Balaban J connectivity index is 2.12. The first-order chi connectivity index (χ1) is 11.1. The van der Waals surface area contributed by atoms with Crippen molar-refractivity contribution in [1.29, 1.82) is 0 Å². The van der Waals surface area contributed by atoms with E-state index in [9.17, 15) is 4.79 Å². The Kier molecular flexibility index (Phi) is 6.42. The van der Waals surface area contributed by atoms with E-state index in [4.69, 9.17) is 9.47 Å². The number of hydrogen-bond acceptors (Lipinski definition) is 4. The summed E-state index contributed by atoms with van der Waals surface area (Å²) < 4.78 is 11.0. The van der Waals surface area contributed by atoms with E-state index in [1.165, 1.54) is 0 Å². The second-order valence-electron chi connectivity index (χ2n) is 6.17. The predicted octanol–water partition coefficient (Wildman–Crippen LogP) is 2.06. The first kappa shape index (κ1) is 17.8. The Morgan fingerprint density at radius 1 is 1.30 bits per heavy atom. The number of amides is 1. The molecule has 0 radical (unpaired) electrons. The summed E-state index contributed by atoms with van der Waals surface area (Å²) in [5.41, 5.74) is 0.627. The molecular formula is C18H28N2O3. The van der Waals surface area contributed by atoms with E-state index in [-0.39, 0.29) is 5.91 Å². The molecule has 1 heterocycles. The zero-order valence-corrected chi connectivity index (χ0v) is 14.4. The normalized spacial score (nSPS) is 16.8. The quantitative estimate of drug-likeness (QED) is 0.835. The summed E-state index contributed by atoms with van der Waals surface area (Å²) in [6.45, 7) is 5.33. The number of benzene rings is 1. The van der Waals surface area contributed by atoms with Crippen LogP contribution in [0, 0.1) is 5.41 Å². The Hall–Kier alpha value is -1.59. The van der Waals surface area contributed by atoms with E-state index >= 15 is 0 Å². The van der Waals surface area contributed by atoms with Crippen LogP contribution in [-0.2, 0) is 16.1 Å². The average Bonchev–Trinajstić information content (AvgIpc) is 2.57. The van der Waals surface area contributed by atoms with Crippen LogP contribution in [-0.4, -0.2) is 51.3 Å². The van der Waals surface area contributed by atoms with Crippen LogP contribution < -0.4 is 10.1 Å². The first-order valence-electron chi connectivity index (χ1n) is 8.29. The lowest BCUT2D eigenvalue weighted by molar-refractivity contribution is -0.146. The molecule has 0 saturated carbocycles. The molecule has 1 fully saturated rings. The standard InChI is InChI=1S/C18H28N2O3/c1-4-23-16-8-6-5-7-15(16)13-20(2)17(21)18(14-22-3)9-11-19-12-10-18/h5-8,19H,4,9-14H2,1-3H3. The number of carbonyl (C=O) groups is 1. The van der Waals surface area contributed by atoms with Gasteiger partial charge in [0.25, 0.3) is 0 Å². The molecule has 128 valence electrons. The van der Waals surface area contributed by atoms with Crippen LogP contribution in [0.15, 0.2) is 24.3 Å². The van der Waals surface area contributed by atoms with Gasteiger partial charge in [-0.3, -0.25) is 4.79 Å². The molecule has 0 aromatic heterocycles. The van der Waals surface area contributed by atoms with Gasteiger partial charge in [-0.05, 0) is 38.9 Å². The molecule has 0 spiro atoms. The van der Waals surface area contributed by atoms with E-state index in [0.717, 1.165) is 37.2 Å². The van der Waals surface area contributed by atoms with Crippen LogP contribution in [0.4, 0.5) is 0 Å². The summed E-state index contributed by atoms with van der Waals surface area (Å²) in [5, 5.41) is 3.32. The molecule has 1 aromatic rings. The van der Waals surface area contributed by atoms with Crippen LogP contribution in [0.1, 0.15) is 25.3 Å². The average molecular weight is 320 g/mol. The van der Waals surface area contributed by atoms with E-state index < -0.39 is 5.41 Å². The third kappa shape index (κ3) is 4.24. The van der Waals surface area contributed by atoms with Gasteiger partial charge in [0, 0.05) is 26.3 Å². The number of rotatable bonds is 7. The number of carbonyl (C=O) groups excluding carboxylic acids is 1. The highest BCUT2D eigenvalue weighted by Crippen LogP contribution is 2.32. The van der Waals surface area contributed by atoms with Crippen molar-refractivity contribution in [2.24, 2.45) is 5.41 Å². The maximum atomic E-state index is 13.1. The summed E-state index contributed by atoms with van der Waals surface area (Å²) in [6, 6.07) is 7.90. The number of ether oxygens (including phenoxy) is 2. The van der Waals surface area contributed by atoms with Crippen LogP contribution in [0.3, 0.4) is 0 Å². The minimum Gasteiger partial charge on any atom is -0.494 e. The second-order valence-corrected chi connectivity index (χ2v) is 6.17. The molecule has 5 nitrogen and oxygen atoms in total. The van der Waals surface area contributed by atoms with Crippen molar-refractivity contribution >= 4 is 5.91 Å². The van der Waals surface area contributed by atoms with E-state index in [2.05, 4.69) is 5.32 Å². The fourth-order valence-corrected chi connectivity index (χ4v) is 3.26. The Morgan fingerprint density at radius 3 is 2.65 bits per heavy atom. The van der Waals surface area contributed by atoms with Crippen LogP contribution in [0.25, 0.3) is 0 Å². The van der Waals surface area contributed by atoms with Crippen molar-refractivity contribution in [2.75, 3.05) is 40.5 Å². The van der Waals surface area contributed by atoms with Gasteiger partial charge in [0.2, 0.25) is 5.91 Å². The second kappa shape index (κ2) is 8.31. The van der Waals surface area contributed by atoms with E-state index in [1.54, 1.807) is 7.11 Å². The Morgan fingerprint density at radius 2 is 2.00 bits per heavy atom. The van der Waals surface area contributed by atoms with Crippen molar-refractivity contribution in [2.45, 2.75) is 26.3 Å². The fraction of sp³-hybridized carbons (Fsp3) is 0.611. The summed E-state index contributed by atoms with van der Waals surface area (Å²) in [5.74, 6) is 1.01. The molecule has 2 rings (SSSR count). The molecule has 0 unspecified atom stereocenters. The highest BCUT2D eigenvalue weighted by atomic mass is 16.5.